The van der Waals surface area contributed by atoms with Crippen LogP contribution in [-0.2, 0) is 6.54 Å². The Labute approximate surface area is 144 Å². The summed E-state index contributed by atoms with van der Waals surface area (Å²) in [5.41, 5.74) is -0.457. The summed E-state index contributed by atoms with van der Waals surface area (Å²) in [7, 11) is 0. The van der Waals surface area contributed by atoms with Gasteiger partial charge in [-0.25, -0.2) is 0 Å². The van der Waals surface area contributed by atoms with Gasteiger partial charge in [-0.05, 0) is 30.5 Å². The summed E-state index contributed by atoms with van der Waals surface area (Å²) >= 11 is 6.07. The third kappa shape index (κ3) is 3.06. The fourth-order valence-corrected chi connectivity index (χ4v) is 2.76. The Bertz CT molecular complexity index is 908. The number of ketones is 1. The minimum atomic E-state index is -0.600. The van der Waals surface area contributed by atoms with Crippen molar-refractivity contribution < 1.29 is 9.90 Å². The zero-order valence-electron chi connectivity index (χ0n) is 13.6. The van der Waals surface area contributed by atoms with Gasteiger partial charge in [0.25, 0.3) is 5.56 Å². The van der Waals surface area contributed by atoms with Crippen molar-refractivity contribution in [2.24, 2.45) is 5.92 Å². The highest BCUT2D eigenvalue weighted by atomic mass is 35.5. The second kappa shape index (κ2) is 6.90. The first-order chi connectivity index (χ1) is 11.3. The first-order valence-corrected chi connectivity index (χ1v) is 7.83. The molecule has 6 heteroatoms. The number of hydrogen-bond donors (Lipinski definition) is 1. The summed E-state index contributed by atoms with van der Waals surface area (Å²) in [6.45, 7) is 5.41. The first-order valence-electron chi connectivity index (χ1n) is 7.45. The van der Waals surface area contributed by atoms with Gasteiger partial charge in [0.2, 0.25) is 5.88 Å². The number of carbonyl (C=O) groups is 1. The van der Waals surface area contributed by atoms with E-state index < -0.39 is 17.2 Å². The first kappa shape index (κ1) is 17.8. The monoisotopic (exact) mass is 344 g/mol. The van der Waals surface area contributed by atoms with Crippen LogP contribution in [0.1, 0.15) is 40.9 Å². The van der Waals surface area contributed by atoms with Crippen molar-refractivity contribution in [1.29, 1.82) is 5.26 Å². The van der Waals surface area contributed by atoms with Gasteiger partial charge in [0.15, 0.2) is 5.78 Å². The summed E-state index contributed by atoms with van der Waals surface area (Å²) in [4.78, 5) is 25.3. The molecule has 1 aromatic heterocycles. The number of benzene rings is 1. The molecular weight excluding hydrogens is 328 g/mol. The van der Waals surface area contributed by atoms with E-state index >= 15 is 0 Å². The van der Waals surface area contributed by atoms with Crippen molar-refractivity contribution in [2.45, 2.75) is 27.3 Å². The number of aromatic hydroxyl groups is 1. The molecule has 0 fully saturated rings. The smallest absolute Gasteiger partial charge is 0.271 e. The SMILES string of the molecule is Cc1c(C(=O)c2ccccc2Cl)c(O)n(CC(C)C)c(=O)c1C#N. The highest BCUT2D eigenvalue weighted by Gasteiger charge is 2.26. The molecule has 0 bridgehead atoms. The highest BCUT2D eigenvalue weighted by Crippen LogP contribution is 2.28. The maximum Gasteiger partial charge on any atom is 0.271 e. The fraction of sp³-hybridized carbons (Fsp3) is 0.278. The van der Waals surface area contributed by atoms with Gasteiger partial charge in [-0.2, -0.15) is 5.26 Å². The van der Waals surface area contributed by atoms with Crippen LogP contribution in [0.2, 0.25) is 5.02 Å². The number of nitrogens with zero attached hydrogens (tertiary/aromatic N) is 2. The number of hydrogen-bond acceptors (Lipinski definition) is 4. The number of carbonyl (C=O) groups excluding carboxylic acids is 1. The van der Waals surface area contributed by atoms with Crippen molar-refractivity contribution in [2.75, 3.05) is 0 Å². The maximum absolute atomic E-state index is 12.9. The van der Waals surface area contributed by atoms with Crippen molar-refractivity contribution in [1.82, 2.24) is 4.57 Å². The molecule has 0 spiro atoms. The summed E-state index contributed by atoms with van der Waals surface area (Å²) in [6.07, 6.45) is 0. The van der Waals surface area contributed by atoms with Gasteiger partial charge < -0.3 is 5.11 Å². The molecule has 1 N–H and O–H groups in total. The van der Waals surface area contributed by atoms with Gasteiger partial charge in [0.05, 0.1) is 10.6 Å². The Balaban J connectivity index is 2.79. The Morgan fingerprint density at radius 3 is 2.54 bits per heavy atom. The van der Waals surface area contributed by atoms with Crippen LogP contribution in [0, 0.1) is 24.2 Å². The molecule has 0 aliphatic heterocycles. The Morgan fingerprint density at radius 2 is 2.00 bits per heavy atom. The molecule has 0 amide bonds. The van der Waals surface area contributed by atoms with E-state index in [0.29, 0.717) is 0 Å². The maximum atomic E-state index is 12.9. The molecule has 124 valence electrons. The molecular formula is C18H17ClN2O3. The third-order valence-electron chi connectivity index (χ3n) is 3.69. The van der Waals surface area contributed by atoms with Crippen molar-refractivity contribution in [3.05, 3.63) is 61.9 Å². The van der Waals surface area contributed by atoms with Gasteiger partial charge in [0, 0.05) is 12.1 Å². The molecule has 1 heterocycles. The lowest BCUT2D eigenvalue weighted by atomic mass is 9.97. The average molecular weight is 345 g/mol. The number of halogens is 1. The van der Waals surface area contributed by atoms with Crippen LogP contribution in [0.3, 0.4) is 0 Å². The molecule has 0 aliphatic carbocycles. The molecule has 0 saturated heterocycles. The fourth-order valence-electron chi connectivity index (χ4n) is 2.54. The molecule has 2 aromatic rings. The second-order valence-corrected chi connectivity index (χ2v) is 6.34. The van der Waals surface area contributed by atoms with Crippen molar-refractivity contribution in [3.63, 3.8) is 0 Å². The van der Waals surface area contributed by atoms with E-state index in [9.17, 15) is 20.0 Å². The van der Waals surface area contributed by atoms with E-state index in [1.165, 1.54) is 13.0 Å². The molecule has 0 saturated carbocycles. The predicted molar refractivity (Wildman–Crippen MR) is 91.5 cm³/mol. The van der Waals surface area contributed by atoms with Crippen LogP contribution in [0.5, 0.6) is 5.88 Å². The zero-order chi connectivity index (χ0) is 18.0. The normalized spacial score (nSPS) is 10.7. The van der Waals surface area contributed by atoms with Gasteiger partial charge in [-0.15, -0.1) is 0 Å². The standard InChI is InChI=1S/C18H17ClN2O3/c1-10(2)9-21-17(23)13(8-20)11(3)15(18(21)24)16(22)12-6-4-5-7-14(12)19/h4-7,10,24H,9H2,1-3H3. The molecule has 5 nitrogen and oxygen atoms in total. The van der Waals surface area contributed by atoms with Gasteiger partial charge in [0.1, 0.15) is 11.6 Å². The molecule has 0 atom stereocenters. The van der Waals surface area contributed by atoms with E-state index in [-0.39, 0.29) is 39.7 Å². The van der Waals surface area contributed by atoms with E-state index in [4.69, 9.17) is 11.6 Å². The van der Waals surface area contributed by atoms with Crippen LogP contribution in [0.15, 0.2) is 29.1 Å². The number of rotatable bonds is 4. The highest BCUT2D eigenvalue weighted by molar-refractivity contribution is 6.35. The van der Waals surface area contributed by atoms with Gasteiger partial charge in [-0.3, -0.25) is 14.2 Å². The van der Waals surface area contributed by atoms with Crippen LogP contribution < -0.4 is 5.56 Å². The summed E-state index contributed by atoms with van der Waals surface area (Å²) < 4.78 is 1.07. The van der Waals surface area contributed by atoms with E-state index in [0.717, 1.165) is 4.57 Å². The number of aromatic nitrogens is 1. The van der Waals surface area contributed by atoms with Crippen LogP contribution in [-0.4, -0.2) is 15.5 Å². The average Bonchev–Trinajstić information content (AvgIpc) is 2.52. The Kier molecular flexibility index (Phi) is 5.10. The van der Waals surface area contributed by atoms with Crippen LogP contribution in [0.25, 0.3) is 0 Å². The lowest BCUT2D eigenvalue weighted by Crippen LogP contribution is -2.28. The van der Waals surface area contributed by atoms with Crippen molar-refractivity contribution >= 4 is 17.4 Å². The lowest BCUT2D eigenvalue weighted by Gasteiger charge is -2.17. The van der Waals surface area contributed by atoms with E-state index in [2.05, 4.69) is 0 Å². The molecule has 0 radical (unpaired) electrons. The van der Waals surface area contributed by atoms with E-state index in [1.54, 1.807) is 18.2 Å². The van der Waals surface area contributed by atoms with Crippen molar-refractivity contribution in [3.8, 4) is 11.9 Å². The number of nitriles is 1. The van der Waals surface area contributed by atoms with Crippen LogP contribution in [0.4, 0.5) is 0 Å². The zero-order valence-corrected chi connectivity index (χ0v) is 14.4. The van der Waals surface area contributed by atoms with Gasteiger partial charge in [-0.1, -0.05) is 37.6 Å². The number of pyridine rings is 1. The molecule has 0 aliphatic rings. The minimum Gasteiger partial charge on any atom is -0.494 e. The molecule has 2 rings (SSSR count). The Morgan fingerprint density at radius 1 is 1.38 bits per heavy atom. The molecule has 1 aromatic carbocycles. The predicted octanol–water partition coefficient (Wildman–Crippen LogP) is 3.27. The van der Waals surface area contributed by atoms with Crippen LogP contribution >= 0.6 is 11.6 Å². The summed E-state index contributed by atoms with van der Waals surface area (Å²) in [5, 5.41) is 20.1. The quantitative estimate of drug-likeness (QED) is 0.863. The topological polar surface area (TPSA) is 83.1 Å². The van der Waals surface area contributed by atoms with Gasteiger partial charge >= 0.3 is 0 Å². The van der Waals surface area contributed by atoms with E-state index in [1.807, 2.05) is 19.9 Å². The summed E-state index contributed by atoms with van der Waals surface area (Å²) in [5.74, 6) is -0.911. The Hall–Kier alpha value is -2.58. The minimum absolute atomic E-state index is 0.0473. The molecule has 0 unspecified atom stereocenters. The summed E-state index contributed by atoms with van der Waals surface area (Å²) in [6, 6.07) is 8.28. The second-order valence-electron chi connectivity index (χ2n) is 5.93. The largest absolute Gasteiger partial charge is 0.494 e. The third-order valence-corrected chi connectivity index (χ3v) is 4.02. The lowest BCUT2D eigenvalue weighted by molar-refractivity contribution is 0.103. The molecule has 24 heavy (non-hydrogen) atoms.